The van der Waals surface area contributed by atoms with Crippen molar-refractivity contribution in [2.45, 2.75) is 19.4 Å². The number of likely N-dealkylation sites (tertiary alicyclic amines) is 1. The molecule has 0 aromatic heterocycles. The minimum atomic E-state index is 0.411. The van der Waals surface area contributed by atoms with E-state index in [2.05, 4.69) is 20.8 Å². The van der Waals surface area contributed by atoms with Crippen LogP contribution in [0.15, 0.2) is 40.9 Å². The van der Waals surface area contributed by atoms with Crippen molar-refractivity contribution >= 4 is 56.3 Å². The molecule has 1 aliphatic rings. The van der Waals surface area contributed by atoms with Gasteiger partial charge in [0.05, 0.1) is 15.6 Å². The fourth-order valence-corrected chi connectivity index (χ4v) is 3.70. The van der Waals surface area contributed by atoms with Crippen molar-refractivity contribution in [1.29, 1.82) is 0 Å². The van der Waals surface area contributed by atoms with E-state index < -0.39 is 0 Å². The Bertz CT molecular complexity index is 763. The van der Waals surface area contributed by atoms with Crippen molar-refractivity contribution in [2.24, 2.45) is 0 Å². The van der Waals surface area contributed by atoms with E-state index in [9.17, 15) is 0 Å². The second-order valence-corrected chi connectivity index (χ2v) is 7.79. The molecule has 1 fully saturated rings. The normalized spacial score (nSPS) is 14.0. The van der Waals surface area contributed by atoms with Gasteiger partial charge >= 0.3 is 0 Å². The fourth-order valence-electron chi connectivity index (χ4n) is 2.68. The number of nitrogens with zero attached hydrogens (tertiary/aromatic N) is 1. The minimum Gasteiger partial charge on any atom is -0.488 e. The quantitative estimate of drug-likeness (QED) is 0.528. The largest absolute Gasteiger partial charge is 0.488 e. The van der Waals surface area contributed by atoms with Crippen molar-refractivity contribution in [3.8, 4) is 5.75 Å². The van der Waals surface area contributed by atoms with Crippen molar-refractivity contribution in [1.82, 2.24) is 4.90 Å². The van der Waals surface area contributed by atoms with Gasteiger partial charge in [0.2, 0.25) is 0 Å². The molecule has 0 unspecified atom stereocenters. The lowest BCUT2D eigenvalue weighted by Gasteiger charge is -2.21. The summed E-state index contributed by atoms with van der Waals surface area (Å²) in [7, 11) is 0. The van der Waals surface area contributed by atoms with Gasteiger partial charge in [-0.05, 0) is 48.7 Å². The van der Waals surface area contributed by atoms with Gasteiger partial charge in [0, 0.05) is 17.6 Å². The topological polar surface area (TPSA) is 12.5 Å². The first-order valence-corrected chi connectivity index (χ1v) is 9.66. The Labute approximate surface area is 165 Å². The van der Waals surface area contributed by atoms with Crippen LogP contribution < -0.4 is 4.74 Å². The van der Waals surface area contributed by atoms with Gasteiger partial charge in [-0.3, -0.25) is 0 Å². The van der Waals surface area contributed by atoms with E-state index in [1.54, 1.807) is 6.07 Å². The Morgan fingerprint density at radius 2 is 1.83 bits per heavy atom. The van der Waals surface area contributed by atoms with Gasteiger partial charge in [0.15, 0.2) is 0 Å². The highest BCUT2D eigenvalue weighted by Gasteiger charge is 2.19. The molecule has 3 rings (SSSR count). The molecule has 0 bridgehead atoms. The third-order valence-electron chi connectivity index (χ3n) is 3.94. The molecule has 2 nitrogen and oxygen atoms in total. The van der Waals surface area contributed by atoms with Gasteiger partial charge in [-0.25, -0.2) is 0 Å². The van der Waals surface area contributed by atoms with Gasteiger partial charge in [0.25, 0.3) is 0 Å². The van der Waals surface area contributed by atoms with Crippen LogP contribution in [0.2, 0.25) is 10.0 Å². The minimum absolute atomic E-state index is 0.411. The van der Waals surface area contributed by atoms with Crippen LogP contribution >= 0.6 is 51.3 Å². The predicted molar refractivity (Wildman–Crippen MR) is 107 cm³/mol. The van der Waals surface area contributed by atoms with E-state index >= 15 is 0 Å². The smallest absolute Gasteiger partial charge is 0.130 e. The second kappa shape index (κ2) is 8.05. The predicted octanol–water partition coefficient (Wildman–Crippen LogP) is 6.11. The molecule has 2 aromatic carbocycles. The van der Waals surface area contributed by atoms with E-state index in [-0.39, 0.29) is 0 Å². The molecule has 0 radical (unpaired) electrons. The van der Waals surface area contributed by atoms with E-state index in [0.717, 1.165) is 39.4 Å². The summed E-state index contributed by atoms with van der Waals surface area (Å²) >= 11 is 21.2. The first kappa shape index (κ1) is 18.0. The average Bonchev–Trinajstić information content (AvgIpc) is 3.10. The molecule has 2 aromatic rings. The average molecular weight is 445 g/mol. The van der Waals surface area contributed by atoms with Crippen LogP contribution in [0.25, 0.3) is 0 Å². The maximum Gasteiger partial charge on any atom is 0.130 e. The molecular weight excluding hydrogens is 429 g/mol. The van der Waals surface area contributed by atoms with Crippen LogP contribution in [0.3, 0.4) is 0 Å². The Hall–Kier alpha value is -0.810. The summed E-state index contributed by atoms with van der Waals surface area (Å²) in [4.78, 5) is 3.08. The number of thiocarbonyl (C=S) groups is 1. The lowest BCUT2D eigenvalue weighted by molar-refractivity contribution is 0.305. The maximum atomic E-state index is 6.06. The van der Waals surface area contributed by atoms with Crippen molar-refractivity contribution < 1.29 is 4.74 Å². The van der Waals surface area contributed by atoms with Crippen LogP contribution in [-0.4, -0.2) is 23.0 Å². The number of hydrogen-bond acceptors (Lipinski definition) is 2. The van der Waals surface area contributed by atoms with Crippen LogP contribution in [0.1, 0.15) is 24.0 Å². The highest BCUT2D eigenvalue weighted by Crippen LogP contribution is 2.28. The Balaban J connectivity index is 1.79. The first-order chi connectivity index (χ1) is 11.5. The summed E-state index contributed by atoms with van der Waals surface area (Å²) in [6.07, 6.45) is 2.38. The van der Waals surface area contributed by atoms with Crippen LogP contribution in [0.5, 0.6) is 5.75 Å². The number of halogens is 3. The van der Waals surface area contributed by atoms with Crippen molar-refractivity contribution in [2.75, 3.05) is 13.1 Å². The zero-order valence-electron chi connectivity index (χ0n) is 12.9. The first-order valence-electron chi connectivity index (χ1n) is 7.70. The summed E-state index contributed by atoms with van der Waals surface area (Å²) < 4.78 is 7.00. The molecule has 0 atom stereocenters. The molecule has 24 heavy (non-hydrogen) atoms. The molecule has 0 aliphatic carbocycles. The fraction of sp³-hybridized carbons (Fsp3) is 0.278. The number of benzene rings is 2. The molecule has 1 saturated heterocycles. The molecule has 126 valence electrons. The van der Waals surface area contributed by atoms with E-state index in [1.807, 2.05) is 30.3 Å². The summed E-state index contributed by atoms with van der Waals surface area (Å²) in [5.74, 6) is 0.779. The SMILES string of the molecule is S=C(c1cc(Br)ccc1OCc1ccc(Cl)c(Cl)c1)N1CCCC1. The lowest BCUT2D eigenvalue weighted by atomic mass is 10.2. The summed E-state index contributed by atoms with van der Waals surface area (Å²) in [5, 5.41) is 1.07. The van der Waals surface area contributed by atoms with Gasteiger partial charge in [-0.2, -0.15) is 0 Å². The molecule has 0 spiro atoms. The van der Waals surface area contributed by atoms with Crippen LogP contribution in [0.4, 0.5) is 0 Å². The Morgan fingerprint density at radius 1 is 1.08 bits per heavy atom. The molecule has 6 heteroatoms. The lowest BCUT2D eigenvalue weighted by Crippen LogP contribution is -2.27. The molecule has 1 aliphatic heterocycles. The zero-order chi connectivity index (χ0) is 17.1. The molecule has 1 heterocycles. The highest BCUT2D eigenvalue weighted by molar-refractivity contribution is 9.10. The third kappa shape index (κ3) is 4.23. The Morgan fingerprint density at radius 3 is 2.54 bits per heavy atom. The number of rotatable bonds is 4. The van der Waals surface area contributed by atoms with E-state index in [0.29, 0.717) is 16.7 Å². The van der Waals surface area contributed by atoms with Gasteiger partial charge in [-0.1, -0.05) is 57.4 Å². The molecule has 0 amide bonds. The van der Waals surface area contributed by atoms with E-state index in [4.69, 9.17) is 40.2 Å². The second-order valence-electron chi connectivity index (χ2n) is 5.68. The van der Waals surface area contributed by atoms with Gasteiger partial charge in [-0.15, -0.1) is 0 Å². The van der Waals surface area contributed by atoms with E-state index in [1.165, 1.54) is 12.8 Å². The van der Waals surface area contributed by atoms with Crippen molar-refractivity contribution in [3.05, 3.63) is 62.0 Å². The third-order valence-corrected chi connectivity index (χ3v) is 5.65. The summed E-state index contributed by atoms with van der Waals surface area (Å²) in [5.41, 5.74) is 1.91. The van der Waals surface area contributed by atoms with Crippen molar-refractivity contribution in [3.63, 3.8) is 0 Å². The monoisotopic (exact) mass is 443 g/mol. The van der Waals surface area contributed by atoms with Crippen LogP contribution in [0, 0.1) is 0 Å². The number of hydrogen-bond donors (Lipinski definition) is 0. The standard InChI is InChI=1S/C18H16BrCl2NOS/c19-13-4-6-17(14(10-13)18(24)22-7-1-2-8-22)23-11-12-3-5-15(20)16(21)9-12/h3-6,9-10H,1-2,7-8,11H2. The summed E-state index contributed by atoms with van der Waals surface area (Å²) in [6.45, 7) is 2.43. The molecule has 0 saturated carbocycles. The number of ether oxygens (including phenoxy) is 1. The Kier molecular flexibility index (Phi) is 6.03. The zero-order valence-corrected chi connectivity index (χ0v) is 16.8. The summed E-state index contributed by atoms with van der Waals surface area (Å²) in [6, 6.07) is 11.4. The van der Waals surface area contributed by atoms with Gasteiger partial charge < -0.3 is 9.64 Å². The maximum absolute atomic E-state index is 6.06. The molecular formula is C18H16BrCl2NOS. The highest BCUT2D eigenvalue weighted by atomic mass is 79.9. The molecule has 0 N–H and O–H groups in total. The van der Waals surface area contributed by atoms with Gasteiger partial charge in [0.1, 0.15) is 17.3 Å². The van der Waals surface area contributed by atoms with Crippen LogP contribution in [-0.2, 0) is 6.61 Å².